The van der Waals surface area contributed by atoms with Crippen LogP contribution in [-0.2, 0) is 0 Å². The van der Waals surface area contributed by atoms with Crippen molar-refractivity contribution in [1.82, 2.24) is 19.9 Å². The maximum absolute atomic E-state index is 10.2. The first kappa shape index (κ1) is 23.2. The van der Waals surface area contributed by atoms with Crippen LogP contribution in [0.25, 0.3) is 0 Å². The van der Waals surface area contributed by atoms with E-state index in [1.54, 1.807) is 0 Å². The Morgan fingerprint density at radius 2 is 0.917 bits per heavy atom. The SMILES string of the molecule is C[NH2+]C.C[NH2+]C.O=c1cc([O-])[nH]c(=O)[nH]1.O=c1cc([O-])[nH]c(=O)[nH]1. The molecule has 0 saturated heterocycles. The van der Waals surface area contributed by atoms with Crippen molar-refractivity contribution in [2.24, 2.45) is 0 Å². The van der Waals surface area contributed by atoms with Crippen molar-refractivity contribution < 1.29 is 20.8 Å². The van der Waals surface area contributed by atoms with E-state index in [4.69, 9.17) is 0 Å². The lowest BCUT2D eigenvalue weighted by Gasteiger charge is -1.98. The van der Waals surface area contributed by atoms with Crippen molar-refractivity contribution in [2.75, 3.05) is 28.2 Å². The van der Waals surface area contributed by atoms with Crippen LogP contribution in [0.4, 0.5) is 0 Å². The number of nitrogens with two attached hydrogens (primary N) is 2. The first-order valence-corrected chi connectivity index (χ1v) is 6.69. The molecule has 0 unspecified atom stereocenters. The summed E-state index contributed by atoms with van der Waals surface area (Å²) in [5, 5.41) is 24.5. The second-order valence-electron chi connectivity index (χ2n) is 4.06. The summed E-state index contributed by atoms with van der Waals surface area (Å²) >= 11 is 0. The van der Waals surface area contributed by atoms with E-state index in [0.29, 0.717) is 0 Å². The summed E-state index contributed by atoms with van der Waals surface area (Å²) in [4.78, 5) is 48.2. The highest BCUT2D eigenvalue weighted by atomic mass is 16.3. The van der Waals surface area contributed by atoms with Gasteiger partial charge in [-0.2, -0.15) is 0 Å². The van der Waals surface area contributed by atoms with Gasteiger partial charge >= 0.3 is 11.4 Å². The molecule has 0 spiro atoms. The molecule has 0 amide bonds. The van der Waals surface area contributed by atoms with Crippen LogP contribution < -0.4 is 43.3 Å². The fraction of sp³-hybridized carbons (Fsp3) is 0.333. The molecule has 0 bridgehead atoms. The lowest BCUT2D eigenvalue weighted by atomic mass is 10.6. The molecular formula is C12H22N6O6. The van der Waals surface area contributed by atoms with Crippen LogP contribution in [0.15, 0.2) is 31.3 Å². The Bertz CT molecular complexity index is 666. The van der Waals surface area contributed by atoms with Gasteiger partial charge in [0.2, 0.25) is 0 Å². The average Bonchev–Trinajstić information content (AvgIpc) is 2.37. The zero-order chi connectivity index (χ0) is 19.1. The number of aromatic nitrogens is 4. The van der Waals surface area contributed by atoms with Gasteiger partial charge in [-0.25, -0.2) is 9.59 Å². The standard InChI is InChI=1S/2C4H4N2O3.2C2H7N/c2*7-2-1-3(8)6-4(9)5-2;2*1-3-2/h2*1H,(H3,5,6,7,8,9);2*3H,1-2H3. The van der Waals surface area contributed by atoms with Gasteiger partial charge in [-0.3, -0.25) is 19.6 Å². The average molecular weight is 346 g/mol. The van der Waals surface area contributed by atoms with Crippen molar-refractivity contribution in [2.45, 2.75) is 0 Å². The molecule has 0 aromatic carbocycles. The van der Waals surface area contributed by atoms with E-state index in [9.17, 15) is 29.4 Å². The molecule has 8 N–H and O–H groups in total. The van der Waals surface area contributed by atoms with Gasteiger partial charge in [0.05, 0.1) is 28.2 Å². The predicted molar refractivity (Wildman–Crippen MR) is 81.8 cm³/mol. The lowest BCUT2D eigenvalue weighted by molar-refractivity contribution is -0.597. The van der Waals surface area contributed by atoms with Gasteiger partial charge in [-0.05, 0) is 11.8 Å². The Hall–Kier alpha value is -3.12. The van der Waals surface area contributed by atoms with Crippen LogP contribution >= 0.6 is 0 Å². The zero-order valence-electron chi connectivity index (χ0n) is 13.8. The van der Waals surface area contributed by atoms with E-state index in [0.717, 1.165) is 12.1 Å². The van der Waals surface area contributed by atoms with Crippen LogP contribution in [0.3, 0.4) is 0 Å². The predicted octanol–water partition coefficient (Wildman–Crippen LogP) is -6.11. The van der Waals surface area contributed by atoms with Crippen molar-refractivity contribution >= 4 is 0 Å². The van der Waals surface area contributed by atoms with Gasteiger partial charge in [-0.15, -0.1) is 0 Å². The Balaban J connectivity index is 0. The topological polar surface area (TPSA) is 211 Å². The summed E-state index contributed by atoms with van der Waals surface area (Å²) in [6.45, 7) is 0. The number of rotatable bonds is 0. The van der Waals surface area contributed by atoms with E-state index < -0.39 is 34.3 Å². The molecule has 136 valence electrons. The minimum atomic E-state index is -0.771. The molecule has 0 fully saturated rings. The van der Waals surface area contributed by atoms with Gasteiger partial charge < -0.3 is 30.8 Å². The number of aromatic amines is 4. The molecule has 12 heteroatoms. The summed E-state index contributed by atoms with van der Waals surface area (Å²) in [5.41, 5.74) is -2.90. The number of H-pyrrole nitrogens is 4. The molecule has 0 saturated carbocycles. The normalized spacial score (nSPS) is 8.50. The third-order valence-electron chi connectivity index (χ3n) is 1.47. The number of nitrogens with one attached hydrogen (secondary N) is 4. The summed E-state index contributed by atoms with van der Waals surface area (Å²) in [5.74, 6) is -1.35. The monoisotopic (exact) mass is 346 g/mol. The summed E-state index contributed by atoms with van der Waals surface area (Å²) in [7, 11) is 8.00. The quantitative estimate of drug-likeness (QED) is 0.273. The van der Waals surface area contributed by atoms with Crippen LogP contribution in [-0.4, -0.2) is 48.1 Å². The zero-order valence-corrected chi connectivity index (χ0v) is 13.8. The maximum atomic E-state index is 10.2. The molecule has 2 heterocycles. The minimum absolute atomic E-state index is 0.677. The largest absolute Gasteiger partial charge is 0.860 e. The van der Waals surface area contributed by atoms with E-state index in [-0.39, 0.29) is 0 Å². The molecule has 2 aromatic heterocycles. The Kier molecular flexibility index (Phi) is 13.1. The van der Waals surface area contributed by atoms with Gasteiger partial charge in [0.15, 0.2) is 0 Å². The van der Waals surface area contributed by atoms with E-state index in [1.165, 1.54) is 0 Å². The molecule has 0 aliphatic rings. The van der Waals surface area contributed by atoms with E-state index in [1.807, 2.05) is 58.8 Å². The van der Waals surface area contributed by atoms with E-state index in [2.05, 4.69) is 0 Å². The van der Waals surface area contributed by atoms with Gasteiger partial charge in [0.25, 0.3) is 11.1 Å². The van der Waals surface area contributed by atoms with E-state index >= 15 is 0 Å². The third-order valence-corrected chi connectivity index (χ3v) is 1.47. The van der Waals surface area contributed by atoms with Gasteiger partial charge in [0.1, 0.15) is 0 Å². The second-order valence-corrected chi connectivity index (χ2v) is 4.06. The van der Waals surface area contributed by atoms with Crippen molar-refractivity contribution in [3.63, 3.8) is 0 Å². The fourth-order valence-electron chi connectivity index (χ4n) is 0.893. The molecule has 0 atom stereocenters. The van der Waals surface area contributed by atoms with Crippen LogP contribution in [0.5, 0.6) is 11.8 Å². The summed E-state index contributed by atoms with van der Waals surface area (Å²) in [6.07, 6.45) is 0. The lowest BCUT2D eigenvalue weighted by Crippen LogP contribution is -2.74. The third kappa shape index (κ3) is 13.8. The highest BCUT2D eigenvalue weighted by Gasteiger charge is 1.82. The molecule has 0 aliphatic carbocycles. The number of hydrogen-bond donors (Lipinski definition) is 6. The first-order valence-electron chi connectivity index (χ1n) is 6.69. The maximum Gasteiger partial charge on any atom is 0.325 e. The van der Waals surface area contributed by atoms with Crippen LogP contribution in [0.2, 0.25) is 0 Å². The van der Waals surface area contributed by atoms with Gasteiger partial charge in [-0.1, -0.05) is 0 Å². The summed E-state index contributed by atoms with van der Waals surface area (Å²) in [6, 6.07) is 1.53. The Labute approximate surface area is 135 Å². The number of hydrogen-bond acceptors (Lipinski definition) is 6. The number of quaternary nitrogens is 2. The highest BCUT2D eigenvalue weighted by molar-refractivity contribution is 5.00. The van der Waals surface area contributed by atoms with Gasteiger partial charge in [0, 0.05) is 12.1 Å². The Morgan fingerprint density at radius 3 is 1.08 bits per heavy atom. The molecule has 0 radical (unpaired) electrons. The van der Waals surface area contributed by atoms with Crippen molar-refractivity contribution in [3.8, 4) is 11.8 Å². The molecular weight excluding hydrogens is 324 g/mol. The second kappa shape index (κ2) is 13.5. The molecule has 12 nitrogen and oxygen atoms in total. The highest BCUT2D eigenvalue weighted by Crippen LogP contribution is 1.81. The molecule has 0 aliphatic heterocycles. The Morgan fingerprint density at radius 1 is 0.667 bits per heavy atom. The van der Waals surface area contributed by atoms with Crippen LogP contribution in [0.1, 0.15) is 0 Å². The molecule has 2 aromatic rings. The van der Waals surface area contributed by atoms with Crippen LogP contribution in [0, 0.1) is 0 Å². The summed E-state index contributed by atoms with van der Waals surface area (Å²) < 4.78 is 0. The minimum Gasteiger partial charge on any atom is -0.860 e. The van der Waals surface area contributed by atoms with Crippen molar-refractivity contribution in [1.29, 1.82) is 0 Å². The molecule has 24 heavy (non-hydrogen) atoms. The first-order chi connectivity index (χ1) is 11.2. The smallest absolute Gasteiger partial charge is 0.325 e. The van der Waals surface area contributed by atoms with Crippen molar-refractivity contribution in [3.05, 3.63) is 53.8 Å². The molecule has 2 rings (SSSR count). The fourth-order valence-corrected chi connectivity index (χ4v) is 0.893.